The molecule has 0 radical (unpaired) electrons. The molecule has 110 valence electrons. The minimum Gasteiger partial charge on any atom is -0.546 e. The summed E-state index contributed by atoms with van der Waals surface area (Å²) in [5.74, 6) is 1.05. The van der Waals surface area contributed by atoms with Gasteiger partial charge in [0.25, 0.3) is 0 Å². The van der Waals surface area contributed by atoms with E-state index >= 15 is 0 Å². The van der Waals surface area contributed by atoms with E-state index in [4.69, 9.17) is 8.85 Å². The Balaban J connectivity index is 3.05. The monoisotopic (exact) mass is 298 g/mol. The second-order valence-electron chi connectivity index (χ2n) is 7.68. The molecule has 0 bridgehead atoms. The summed E-state index contributed by atoms with van der Waals surface area (Å²) in [5, 5.41) is 0. The fourth-order valence-electron chi connectivity index (χ4n) is 2.29. The molecule has 0 aromatic rings. The smallest absolute Gasteiger partial charge is 0.241 e. The summed E-state index contributed by atoms with van der Waals surface area (Å²) in [5.41, 5.74) is -0.00991. The Morgan fingerprint density at radius 2 is 1.79 bits per heavy atom. The van der Waals surface area contributed by atoms with Gasteiger partial charge in [-0.05, 0) is 58.2 Å². The minimum absolute atomic E-state index is 0.00991. The quantitative estimate of drug-likeness (QED) is 0.529. The van der Waals surface area contributed by atoms with Crippen molar-refractivity contribution in [3.8, 4) is 0 Å². The van der Waals surface area contributed by atoms with Gasteiger partial charge in [0.05, 0.1) is 0 Å². The lowest BCUT2D eigenvalue weighted by Crippen LogP contribution is -2.46. The molecule has 19 heavy (non-hydrogen) atoms. The molecular formula is C15H30O2Si2. The van der Waals surface area contributed by atoms with Gasteiger partial charge >= 0.3 is 0 Å². The van der Waals surface area contributed by atoms with E-state index < -0.39 is 16.6 Å². The predicted molar refractivity (Wildman–Crippen MR) is 88.3 cm³/mol. The summed E-state index contributed by atoms with van der Waals surface area (Å²) in [7, 11) is -3.22. The lowest BCUT2D eigenvalue weighted by Gasteiger charge is -2.43. The lowest BCUT2D eigenvalue weighted by molar-refractivity contribution is 0.0680. The largest absolute Gasteiger partial charge is 0.546 e. The van der Waals surface area contributed by atoms with Crippen molar-refractivity contribution in [1.29, 1.82) is 0 Å². The van der Waals surface area contributed by atoms with E-state index in [1.54, 1.807) is 0 Å². The summed E-state index contributed by atoms with van der Waals surface area (Å²) in [6.45, 7) is 19.6. The molecule has 1 rings (SSSR count). The van der Waals surface area contributed by atoms with Crippen molar-refractivity contribution in [2.75, 3.05) is 0 Å². The van der Waals surface area contributed by atoms with Gasteiger partial charge in [-0.25, -0.2) is 0 Å². The molecule has 1 aliphatic rings. The third-order valence-electron chi connectivity index (χ3n) is 3.25. The number of rotatable bonds is 5. The molecular weight excluding hydrogens is 268 g/mol. The van der Waals surface area contributed by atoms with E-state index in [1.165, 1.54) is 0 Å². The fraction of sp³-hybridized carbons (Fsp3) is 0.733. The molecule has 0 spiro atoms. The van der Waals surface area contributed by atoms with Gasteiger partial charge in [0, 0.05) is 5.41 Å². The summed E-state index contributed by atoms with van der Waals surface area (Å²) in [6, 6.07) is 0. The van der Waals surface area contributed by atoms with E-state index in [9.17, 15) is 0 Å². The van der Waals surface area contributed by atoms with Crippen LogP contribution in [0.15, 0.2) is 24.5 Å². The highest BCUT2D eigenvalue weighted by Crippen LogP contribution is 2.41. The third-order valence-corrected chi connectivity index (χ3v) is 5.04. The van der Waals surface area contributed by atoms with Gasteiger partial charge in [-0.2, -0.15) is 0 Å². The van der Waals surface area contributed by atoms with Crippen LogP contribution in [0.1, 0.15) is 19.8 Å². The molecule has 0 aliphatic heterocycles. The van der Waals surface area contributed by atoms with E-state index in [2.05, 4.69) is 64.9 Å². The molecule has 0 amide bonds. The van der Waals surface area contributed by atoms with Crippen LogP contribution in [0.3, 0.4) is 0 Å². The average Bonchev–Trinajstić information content (AvgIpc) is 2.20. The highest BCUT2D eigenvalue weighted by atomic mass is 28.4. The Bertz CT molecular complexity index is 363. The van der Waals surface area contributed by atoms with Crippen LogP contribution >= 0.6 is 0 Å². The van der Waals surface area contributed by atoms with Crippen molar-refractivity contribution in [1.82, 2.24) is 0 Å². The van der Waals surface area contributed by atoms with Crippen molar-refractivity contribution < 1.29 is 8.85 Å². The Labute approximate surface area is 121 Å². The SMILES string of the molecule is C=C[C@@]1(C)CCC=C(O[Si](C)(C)C)C1O[Si](C)(C)C. The van der Waals surface area contributed by atoms with Crippen LogP contribution < -0.4 is 0 Å². The normalized spacial score (nSPS) is 28.8. The highest BCUT2D eigenvalue weighted by molar-refractivity contribution is 6.70. The first-order chi connectivity index (χ1) is 8.47. The molecule has 0 N–H and O–H groups in total. The topological polar surface area (TPSA) is 18.5 Å². The van der Waals surface area contributed by atoms with Crippen LogP contribution in [0.25, 0.3) is 0 Å². The zero-order valence-corrected chi connectivity index (χ0v) is 15.7. The number of hydrogen-bond donors (Lipinski definition) is 0. The maximum atomic E-state index is 6.44. The van der Waals surface area contributed by atoms with Crippen molar-refractivity contribution in [3.05, 3.63) is 24.5 Å². The molecule has 2 nitrogen and oxygen atoms in total. The van der Waals surface area contributed by atoms with E-state index in [0.717, 1.165) is 18.6 Å². The molecule has 0 fully saturated rings. The van der Waals surface area contributed by atoms with Gasteiger partial charge < -0.3 is 8.85 Å². The van der Waals surface area contributed by atoms with Gasteiger partial charge in [-0.3, -0.25) is 0 Å². The van der Waals surface area contributed by atoms with Crippen molar-refractivity contribution >= 4 is 16.6 Å². The zero-order valence-electron chi connectivity index (χ0n) is 13.7. The molecule has 0 aromatic heterocycles. The van der Waals surface area contributed by atoms with Gasteiger partial charge in [0.2, 0.25) is 8.32 Å². The second kappa shape index (κ2) is 5.58. The molecule has 0 heterocycles. The first-order valence-electron chi connectivity index (χ1n) is 7.17. The molecule has 1 unspecified atom stereocenters. The van der Waals surface area contributed by atoms with Crippen molar-refractivity contribution in [2.45, 2.75) is 65.2 Å². The number of allylic oxidation sites excluding steroid dienone is 1. The van der Waals surface area contributed by atoms with E-state index in [1.807, 2.05) is 0 Å². The maximum absolute atomic E-state index is 6.44. The summed E-state index contributed by atoms with van der Waals surface area (Å²) < 4.78 is 12.7. The lowest BCUT2D eigenvalue weighted by atomic mass is 9.76. The summed E-state index contributed by atoms with van der Waals surface area (Å²) >= 11 is 0. The minimum atomic E-state index is -1.62. The Morgan fingerprint density at radius 3 is 2.21 bits per heavy atom. The van der Waals surface area contributed by atoms with Crippen LogP contribution in [0, 0.1) is 5.41 Å². The third kappa shape index (κ3) is 4.93. The van der Waals surface area contributed by atoms with E-state index in [0.29, 0.717) is 0 Å². The Kier molecular flexibility index (Phi) is 4.91. The van der Waals surface area contributed by atoms with Crippen molar-refractivity contribution in [2.24, 2.45) is 5.41 Å². The van der Waals surface area contributed by atoms with Gasteiger partial charge in [-0.1, -0.05) is 13.0 Å². The molecule has 0 saturated carbocycles. The van der Waals surface area contributed by atoms with Gasteiger partial charge in [0.1, 0.15) is 11.9 Å². The fourth-order valence-corrected chi connectivity index (χ4v) is 4.28. The first-order valence-corrected chi connectivity index (χ1v) is 14.0. The van der Waals surface area contributed by atoms with Crippen LogP contribution in [-0.4, -0.2) is 22.7 Å². The molecule has 1 aliphatic carbocycles. The molecule has 4 heteroatoms. The van der Waals surface area contributed by atoms with Crippen molar-refractivity contribution in [3.63, 3.8) is 0 Å². The molecule has 0 saturated heterocycles. The highest BCUT2D eigenvalue weighted by Gasteiger charge is 2.41. The number of hydrogen-bond acceptors (Lipinski definition) is 2. The molecule has 2 atom stereocenters. The predicted octanol–water partition coefficient (Wildman–Crippen LogP) is 4.93. The zero-order chi connectivity index (χ0) is 14.9. The Hall–Kier alpha value is -0.326. The summed E-state index contributed by atoms with van der Waals surface area (Å²) in [4.78, 5) is 0. The van der Waals surface area contributed by atoms with Crippen LogP contribution in [0.4, 0.5) is 0 Å². The van der Waals surface area contributed by atoms with E-state index in [-0.39, 0.29) is 11.5 Å². The average molecular weight is 299 g/mol. The van der Waals surface area contributed by atoms with Crippen LogP contribution in [0.2, 0.25) is 39.3 Å². The molecule has 0 aromatic carbocycles. The standard InChI is InChI=1S/C15H30O2Si2/c1-9-15(2)12-10-11-13(16-18(3,4)5)14(15)17-19(6,7)8/h9,11,14H,1,10,12H2,2-8H3/t14?,15-/m0/s1. The second-order valence-corrected chi connectivity index (χ2v) is 16.6. The Morgan fingerprint density at radius 1 is 1.21 bits per heavy atom. The van der Waals surface area contributed by atoms with Gasteiger partial charge in [-0.15, -0.1) is 6.58 Å². The van der Waals surface area contributed by atoms with Crippen LogP contribution in [0.5, 0.6) is 0 Å². The van der Waals surface area contributed by atoms with Crippen LogP contribution in [-0.2, 0) is 8.85 Å². The first kappa shape index (κ1) is 16.7. The summed E-state index contributed by atoms with van der Waals surface area (Å²) in [6.07, 6.45) is 6.46. The maximum Gasteiger partial charge on any atom is 0.241 e. The van der Waals surface area contributed by atoms with Gasteiger partial charge in [0.15, 0.2) is 8.32 Å².